The van der Waals surface area contributed by atoms with Crippen LogP contribution in [-0.4, -0.2) is 16.6 Å². The number of aliphatic hydroxyl groups is 1. The van der Waals surface area contributed by atoms with Gasteiger partial charge in [-0.15, -0.1) is 0 Å². The molecule has 0 aliphatic heterocycles. The molecular weight excluding hydrogens is 182 g/mol. The van der Waals surface area contributed by atoms with Gasteiger partial charge in [-0.05, 0) is 30.8 Å². The Bertz CT molecular complexity index is 283. The molecule has 0 saturated heterocycles. The van der Waals surface area contributed by atoms with Crippen LogP contribution < -0.4 is 0 Å². The molecule has 0 aromatic carbocycles. The SMILES string of the molecule is CC1(CCCO)C=CC([N+](=O)[O-])=CC1. The summed E-state index contributed by atoms with van der Waals surface area (Å²) in [6.45, 7) is 2.22. The predicted octanol–water partition coefficient (Wildman–Crippen LogP) is 1.89. The Morgan fingerprint density at radius 3 is 2.86 bits per heavy atom. The van der Waals surface area contributed by atoms with Gasteiger partial charge in [-0.2, -0.15) is 0 Å². The standard InChI is InChI=1S/C10H15NO3/c1-10(5-2-8-12)6-3-9(4-7-10)11(13)14/h3-4,6,12H,2,5,7-8H2,1H3. The van der Waals surface area contributed by atoms with Gasteiger partial charge >= 0.3 is 0 Å². The highest BCUT2D eigenvalue weighted by molar-refractivity contribution is 5.20. The minimum atomic E-state index is -0.373. The summed E-state index contributed by atoms with van der Waals surface area (Å²) in [5, 5.41) is 19.1. The van der Waals surface area contributed by atoms with E-state index in [1.54, 1.807) is 12.2 Å². The van der Waals surface area contributed by atoms with E-state index in [0.29, 0.717) is 6.42 Å². The second-order valence-corrected chi connectivity index (χ2v) is 3.90. The Balaban J connectivity index is 2.58. The number of aliphatic hydroxyl groups excluding tert-OH is 1. The van der Waals surface area contributed by atoms with Crippen LogP contribution in [0.3, 0.4) is 0 Å². The molecule has 0 saturated carbocycles. The van der Waals surface area contributed by atoms with Crippen LogP contribution in [0.15, 0.2) is 23.9 Å². The van der Waals surface area contributed by atoms with E-state index in [1.165, 1.54) is 0 Å². The van der Waals surface area contributed by atoms with E-state index in [9.17, 15) is 10.1 Å². The van der Waals surface area contributed by atoms with Crippen molar-refractivity contribution in [1.29, 1.82) is 0 Å². The van der Waals surface area contributed by atoms with E-state index in [1.807, 2.05) is 13.0 Å². The largest absolute Gasteiger partial charge is 0.396 e. The van der Waals surface area contributed by atoms with E-state index in [-0.39, 0.29) is 22.6 Å². The molecule has 0 fully saturated rings. The molecule has 0 heterocycles. The summed E-state index contributed by atoms with van der Waals surface area (Å²) in [7, 11) is 0. The normalized spacial score (nSPS) is 26.0. The Kier molecular flexibility index (Phi) is 3.41. The van der Waals surface area contributed by atoms with Crippen molar-refractivity contribution in [2.24, 2.45) is 5.41 Å². The summed E-state index contributed by atoms with van der Waals surface area (Å²) < 4.78 is 0. The minimum absolute atomic E-state index is 0.0256. The van der Waals surface area contributed by atoms with Gasteiger partial charge in [-0.1, -0.05) is 13.0 Å². The number of allylic oxidation sites excluding steroid dienone is 3. The highest BCUT2D eigenvalue weighted by atomic mass is 16.6. The van der Waals surface area contributed by atoms with E-state index in [0.717, 1.165) is 12.8 Å². The van der Waals surface area contributed by atoms with Crippen LogP contribution in [0, 0.1) is 15.5 Å². The molecule has 0 spiro atoms. The molecule has 78 valence electrons. The lowest BCUT2D eigenvalue weighted by Crippen LogP contribution is -2.16. The summed E-state index contributed by atoms with van der Waals surface area (Å²) in [5.41, 5.74) is 0.147. The summed E-state index contributed by atoms with van der Waals surface area (Å²) in [6, 6.07) is 0. The van der Waals surface area contributed by atoms with Crippen molar-refractivity contribution in [1.82, 2.24) is 0 Å². The first kappa shape index (κ1) is 10.9. The molecule has 4 nitrogen and oxygen atoms in total. The number of hydrogen-bond acceptors (Lipinski definition) is 3. The number of hydrogen-bond donors (Lipinski definition) is 1. The molecule has 0 aromatic heterocycles. The van der Waals surface area contributed by atoms with Crippen LogP contribution >= 0.6 is 0 Å². The van der Waals surface area contributed by atoms with Gasteiger partial charge < -0.3 is 5.11 Å². The molecular formula is C10H15NO3. The second-order valence-electron chi connectivity index (χ2n) is 3.90. The molecule has 0 radical (unpaired) electrons. The van der Waals surface area contributed by atoms with Crippen molar-refractivity contribution < 1.29 is 10.0 Å². The summed E-state index contributed by atoms with van der Waals surface area (Å²) in [4.78, 5) is 10.1. The van der Waals surface area contributed by atoms with Crippen LogP contribution in [-0.2, 0) is 0 Å². The van der Waals surface area contributed by atoms with Crippen LogP contribution in [0.25, 0.3) is 0 Å². The second kappa shape index (κ2) is 4.37. The summed E-state index contributed by atoms with van der Waals surface area (Å²) in [5.74, 6) is 0. The zero-order chi connectivity index (χ0) is 10.6. The van der Waals surface area contributed by atoms with Crippen molar-refractivity contribution in [2.75, 3.05) is 6.61 Å². The minimum Gasteiger partial charge on any atom is -0.396 e. The lowest BCUT2D eigenvalue weighted by molar-refractivity contribution is -0.419. The lowest BCUT2D eigenvalue weighted by Gasteiger charge is -2.25. The van der Waals surface area contributed by atoms with Crippen molar-refractivity contribution in [2.45, 2.75) is 26.2 Å². The molecule has 4 heteroatoms. The van der Waals surface area contributed by atoms with Crippen molar-refractivity contribution in [3.63, 3.8) is 0 Å². The molecule has 1 N–H and O–H groups in total. The van der Waals surface area contributed by atoms with E-state index in [4.69, 9.17) is 5.11 Å². The molecule has 1 unspecified atom stereocenters. The van der Waals surface area contributed by atoms with Crippen LogP contribution in [0.5, 0.6) is 0 Å². The van der Waals surface area contributed by atoms with Gasteiger partial charge in [0.25, 0.3) is 5.70 Å². The van der Waals surface area contributed by atoms with Gasteiger partial charge in [0.05, 0.1) is 4.92 Å². The highest BCUT2D eigenvalue weighted by Gasteiger charge is 2.24. The molecule has 14 heavy (non-hydrogen) atoms. The highest BCUT2D eigenvalue weighted by Crippen LogP contribution is 2.33. The van der Waals surface area contributed by atoms with E-state index >= 15 is 0 Å². The van der Waals surface area contributed by atoms with E-state index in [2.05, 4.69) is 0 Å². The Morgan fingerprint density at radius 2 is 2.43 bits per heavy atom. The zero-order valence-corrected chi connectivity index (χ0v) is 8.27. The zero-order valence-electron chi connectivity index (χ0n) is 8.27. The molecule has 1 aliphatic rings. The third kappa shape index (κ3) is 2.67. The Hall–Kier alpha value is -1.16. The van der Waals surface area contributed by atoms with Crippen molar-refractivity contribution in [3.05, 3.63) is 34.0 Å². The smallest absolute Gasteiger partial charge is 0.265 e. The first-order valence-corrected chi connectivity index (χ1v) is 4.72. The third-order valence-corrected chi connectivity index (χ3v) is 2.55. The first-order valence-electron chi connectivity index (χ1n) is 4.72. The third-order valence-electron chi connectivity index (χ3n) is 2.55. The van der Waals surface area contributed by atoms with Crippen LogP contribution in [0.2, 0.25) is 0 Å². The van der Waals surface area contributed by atoms with Crippen molar-refractivity contribution in [3.8, 4) is 0 Å². The fourth-order valence-corrected chi connectivity index (χ4v) is 1.56. The molecule has 0 bridgehead atoms. The maximum absolute atomic E-state index is 10.4. The van der Waals surface area contributed by atoms with Gasteiger partial charge in [-0.25, -0.2) is 0 Å². The number of rotatable bonds is 4. The van der Waals surface area contributed by atoms with Crippen LogP contribution in [0.1, 0.15) is 26.2 Å². The molecule has 1 rings (SSSR count). The maximum Gasteiger partial charge on any atom is 0.265 e. The molecule has 1 atom stereocenters. The number of nitro groups is 1. The predicted molar refractivity (Wildman–Crippen MR) is 53.3 cm³/mol. The molecule has 0 amide bonds. The van der Waals surface area contributed by atoms with Crippen LogP contribution in [0.4, 0.5) is 0 Å². The van der Waals surface area contributed by atoms with Gasteiger partial charge in [-0.3, -0.25) is 10.1 Å². The summed E-state index contributed by atoms with van der Waals surface area (Å²) >= 11 is 0. The van der Waals surface area contributed by atoms with Gasteiger partial charge in [0.2, 0.25) is 0 Å². The fourth-order valence-electron chi connectivity index (χ4n) is 1.56. The fraction of sp³-hybridized carbons (Fsp3) is 0.600. The monoisotopic (exact) mass is 197 g/mol. The van der Waals surface area contributed by atoms with Gasteiger partial charge in [0, 0.05) is 12.7 Å². The van der Waals surface area contributed by atoms with E-state index < -0.39 is 0 Å². The summed E-state index contributed by atoms with van der Waals surface area (Å²) in [6.07, 6.45) is 7.36. The lowest BCUT2D eigenvalue weighted by atomic mass is 9.79. The quantitative estimate of drug-likeness (QED) is 0.553. The maximum atomic E-state index is 10.4. The van der Waals surface area contributed by atoms with Gasteiger partial charge in [0.1, 0.15) is 0 Å². The average Bonchev–Trinajstić information content (AvgIpc) is 2.16. The Morgan fingerprint density at radius 1 is 1.71 bits per heavy atom. The molecule has 1 aliphatic carbocycles. The Labute approximate surface area is 83.1 Å². The topological polar surface area (TPSA) is 63.4 Å². The van der Waals surface area contributed by atoms with Gasteiger partial charge in [0.15, 0.2) is 0 Å². The average molecular weight is 197 g/mol. The number of nitrogens with zero attached hydrogens (tertiary/aromatic N) is 1. The first-order chi connectivity index (χ1) is 6.57. The van der Waals surface area contributed by atoms with Crippen molar-refractivity contribution >= 4 is 0 Å². The molecule has 0 aromatic rings.